The SMILES string of the molecule is O=C1ON=C(CCl)/C1=C/c1ccc(O)c(Cl)c1. The third-order valence-electron chi connectivity index (χ3n) is 2.18. The molecule has 0 saturated heterocycles. The van der Waals surface area contributed by atoms with Crippen LogP contribution in [-0.4, -0.2) is 22.7 Å². The van der Waals surface area contributed by atoms with Crippen molar-refractivity contribution in [2.24, 2.45) is 5.16 Å². The Morgan fingerprint density at radius 2 is 2.24 bits per heavy atom. The lowest BCUT2D eigenvalue weighted by Gasteiger charge is -1.99. The lowest BCUT2D eigenvalue weighted by atomic mass is 10.1. The van der Waals surface area contributed by atoms with Crippen LogP contribution < -0.4 is 0 Å². The average Bonchev–Trinajstić information content (AvgIpc) is 2.65. The first-order chi connectivity index (χ1) is 8.11. The number of benzene rings is 1. The quantitative estimate of drug-likeness (QED) is 0.511. The van der Waals surface area contributed by atoms with Crippen LogP contribution in [0.2, 0.25) is 5.02 Å². The van der Waals surface area contributed by atoms with Crippen molar-refractivity contribution < 1.29 is 14.7 Å². The van der Waals surface area contributed by atoms with Gasteiger partial charge in [0.15, 0.2) is 0 Å². The molecule has 0 aromatic heterocycles. The Kier molecular flexibility index (Phi) is 3.36. The molecule has 6 heteroatoms. The molecule has 1 aliphatic heterocycles. The Morgan fingerprint density at radius 3 is 2.88 bits per heavy atom. The van der Waals surface area contributed by atoms with Crippen molar-refractivity contribution in [3.05, 3.63) is 34.4 Å². The Labute approximate surface area is 107 Å². The summed E-state index contributed by atoms with van der Waals surface area (Å²) in [5.74, 6) is -0.484. The molecule has 0 fully saturated rings. The van der Waals surface area contributed by atoms with Crippen LogP contribution in [0.1, 0.15) is 5.56 Å². The predicted molar refractivity (Wildman–Crippen MR) is 65.3 cm³/mol. The summed E-state index contributed by atoms with van der Waals surface area (Å²) in [6.07, 6.45) is 1.56. The van der Waals surface area contributed by atoms with Crippen LogP contribution in [0.15, 0.2) is 28.9 Å². The maximum atomic E-state index is 11.4. The summed E-state index contributed by atoms with van der Waals surface area (Å²) in [7, 11) is 0. The molecule has 0 radical (unpaired) electrons. The highest BCUT2D eigenvalue weighted by atomic mass is 35.5. The highest BCUT2D eigenvalue weighted by Gasteiger charge is 2.24. The number of halogens is 2. The second-order valence-electron chi connectivity index (χ2n) is 3.32. The molecule has 1 aromatic rings. The van der Waals surface area contributed by atoms with Gasteiger partial charge in [0.1, 0.15) is 11.5 Å². The number of carbonyl (C=O) groups is 1. The van der Waals surface area contributed by atoms with Crippen molar-refractivity contribution in [1.29, 1.82) is 0 Å². The topological polar surface area (TPSA) is 58.9 Å². The zero-order chi connectivity index (χ0) is 12.4. The van der Waals surface area contributed by atoms with Gasteiger partial charge >= 0.3 is 5.97 Å². The molecule has 0 aliphatic carbocycles. The van der Waals surface area contributed by atoms with Crippen LogP contribution in [0.25, 0.3) is 6.08 Å². The first-order valence-electron chi connectivity index (χ1n) is 4.66. The van der Waals surface area contributed by atoms with Gasteiger partial charge < -0.3 is 9.94 Å². The van der Waals surface area contributed by atoms with Crippen LogP contribution in [0, 0.1) is 0 Å². The Bertz CT molecular complexity index is 538. The summed E-state index contributed by atoms with van der Waals surface area (Å²) in [6.45, 7) is 0. The molecule has 4 nitrogen and oxygen atoms in total. The van der Waals surface area contributed by atoms with Gasteiger partial charge in [-0.05, 0) is 23.8 Å². The number of rotatable bonds is 2. The van der Waals surface area contributed by atoms with Gasteiger partial charge in [0, 0.05) is 0 Å². The van der Waals surface area contributed by atoms with Gasteiger partial charge in [0.05, 0.1) is 16.5 Å². The number of phenols is 1. The van der Waals surface area contributed by atoms with E-state index in [0.29, 0.717) is 16.8 Å². The smallest absolute Gasteiger partial charge is 0.367 e. The molecule has 1 heterocycles. The van der Waals surface area contributed by atoms with Crippen molar-refractivity contribution in [2.75, 3.05) is 5.88 Å². The standard InChI is InChI=1S/C11H7Cl2NO3/c12-5-9-7(11(16)17-14-9)3-6-1-2-10(15)8(13)4-6/h1-4,15H,5H2/b7-3-. The second-order valence-corrected chi connectivity index (χ2v) is 3.99. The molecule has 0 bridgehead atoms. The van der Waals surface area contributed by atoms with E-state index in [1.807, 2.05) is 0 Å². The van der Waals surface area contributed by atoms with Gasteiger partial charge in [-0.25, -0.2) is 4.79 Å². The lowest BCUT2D eigenvalue weighted by molar-refractivity contribution is -0.136. The van der Waals surface area contributed by atoms with Gasteiger partial charge in [-0.2, -0.15) is 0 Å². The highest BCUT2D eigenvalue weighted by Crippen LogP contribution is 2.25. The molecule has 0 saturated carbocycles. The zero-order valence-electron chi connectivity index (χ0n) is 8.48. The minimum atomic E-state index is -0.551. The molecule has 1 N–H and O–H groups in total. The van der Waals surface area contributed by atoms with Gasteiger partial charge in [-0.15, -0.1) is 11.6 Å². The molecule has 0 atom stereocenters. The van der Waals surface area contributed by atoms with Gasteiger partial charge in [-0.1, -0.05) is 22.8 Å². The molecular formula is C11H7Cl2NO3. The fourth-order valence-corrected chi connectivity index (χ4v) is 1.71. The molecule has 17 heavy (non-hydrogen) atoms. The van der Waals surface area contributed by atoms with Crippen LogP contribution in [0.3, 0.4) is 0 Å². The van der Waals surface area contributed by atoms with E-state index in [4.69, 9.17) is 23.2 Å². The first-order valence-corrected chi connectivity index (χ1v) is 5.58. The van der Waals surface area contributed by atoms with Crippen molar-refractivity contribution >= 4 is 41.0 Å². The number of phenolic OH excluding ortho intramolecular Hbond substituents is 1. The summed E-state index contributed by atoms with van der Waals surface area (Å²) >= 11 is 11.4. The normalized spacial score (nSPS) is 17.2. The van der Waals surface area contributed by atoms with E-state index < -0.39 is 5.97 Å². The van der Waals surface area contributed by atoms with E-state index in [2.05, 4.69) is 9.99 Å². The molecule has 0 amide bonds. The van der Waals surface area contributed by atoms with E-state index in [0.717, 1.165) is 0 Å². The molecule has 0 spiro atoms. The first kappa shape index (κ1) is 12.0. The summed E-state index contributed by atoms with van der Waals surface area (Å²) in [4.78, 5) is 15.9. The largest absolute Gasteiger partial charge is 0.506 e. The predicted octanol–water partition coefficient (Wildman–Crippen LogP) is 2.58. The van der Waals surface area contributed by atoms with Crippen LogP contribution in [-0.2, 0) is 9.63 Å². The Morgan fingerprint density at radius 1 is 1.47 bits per heavy atom. The highest BCUT2D eigenvalue weighted by molar-refractivity contribution is 6.38. The fourth-order valence-electron chi connectivity index (χ4n) is 1.33. The summed E-state index contributed by atoms with van der Waals surface area (Å²) < 4.78 is 0. The third kappa shape index (κ3) is 2.43. The minimum absolute atomic E-state index is 0.0194. The Hall–Kier alpha value is -1.52. The summed E-state index contributed by atoms with van der Waals surface area (Å²) in [6, 6.07) is 4.58. The van der Waals surface area contributed by atoms with E-state index in [9.17, 15) is 9.90 Å². The van der Waals surface area contributed by atoms with E-state index in [1.165, 1.54) is 12.1 Å². The molecular weight excluding hydrogens is 265 g/mol. The number of oxime groups is 1. The second kappa shape index (κ2) is 4.77. The van der Waals surface area contributed by atoms with E-state index in [-0.39, 0.29) is 16.7 Å². The number of hydrogen-bond donors (Lipinski definition) is 1. The molecule has 1 aliphatic rings. The maximum Gasteiger partial charge on any atom is 0.367 e. The number of aromatic hydroxyl groups is 1. The van der Waals surface area contributed by atoms with Gasteiger partial charge in [0.2, 0.25) is 0 Å². The molecule has 2 rings (SSSR count). The van der Waals surface area contributed by atoms with Crippen molar-refractivity contribution in [2.45, 2.75) is 0 Å². The van der Waals surface area contributed by atoms with Gasteiger partial charge in [0.25, 0.3) is 0 Å². The summed E-state index contributed by atoms with van der Waals surface area (Å²) in [5, 5.41) is 13.0. The monoisotopic (exact) mass is 271 g/mol. The molecule has 0 unspecified atom stereocenters. The Balaban J connectivity index is 2.38. The zero-order valence-corrected chi connectivity index (χ0v) is 10.00. The lowest BCUT2D eigenvalue weighted by Crippen LogP contribution is -2.06. The van der Waals surface area contributed by atoms with Crippen molar-refractivity contribution in [3.8, 4) is 5.75 Å². The van der Waals surface area contributed by atoms with Crippen LogP contribution >= 0.6 is 23.2 Å². The van der Waals surface area contributed by atoms with Crippen LogP contribution in [0.4, 0.5) is 0 Å². The average molecular weight is 272 g/mol. The number of alkyl halides is 1. The fraction of sp³-hybridized carbons (Fsp3) is 0.0909. The number of nitrogens with zero attached hydrogens (tertiary/aromatic N) is 1. The van der Waals surface area contributed by atoms with Crippen LogP contribution in [0.5, 0.6) is 5.75 Å². The minimum Gasteiger partial charge on any atom is -0.506 e. The van der Waals surface area contributed by atoms with E-state index >= 15 is 0 Å². The maximum absolute atomic E-state index is 11.4. The number of carbonyl (C=O) groups excluding carboxylic acids is 1. The number of hydrogen-bond acceptors (Lipinski definition) is 4. The van der Waals surface area contributed by atoms with E-state index in [1.54, 1.807) is 12.1 Å². The molecule has 88 valence electrons. The van der Waals surface area contributed by atoms with Crippen molar-refractivity contribution in [3.63, 3.8) is 0 Å². The summed E-state index contributed by atoms with van der Waals surface area (Å²) in [5.41, 5.74) is 1.32. The molecule has 1 aromatic carbocycles. The van der Waals surface area contributed by atoms with Gasteiger partial charge in [-0.3, -0.25) is 0 Å². The third-order valence-corrected chi connectivity index (χ3v) is 2.73. The van der Waals surface area contributed by atoms with Crippen molar-refractivity contribution in [1.82, 2.24) is 0 Å².